The molecule has 2 unspecified atom stereocenters. The third kappa shape index (κ3) is 4.06. The Hall–Kier alpha value is -1.58. The summed E-state index contributed by atoms with van der Waals surface area (Å²) >= 11 is 0. The maximum Gasteiger partial charge on any atom is 0.344 e. The van der Waals surface area contributed by atoms with Gasteiger partial charge in [-0.15, -0.1) is 0 Å². The molecule has 0 saturated heterocycles. The fourth-order valence-corrected chi connectivity index (χ4v) is 1.94. The van der Waals surface area contributed by atoms with Crippen LogP contribution in [-0.2, 0) is 19.1 Å². The highest BCUT2D eigenvalue weighted by Gasteiger charge is 2.24. The molecule has 0 aromatic heterocycles. The third-order valence-corrected chi connectivity index (χ3v) is 2.56. The van der Waals surface area contributed by atoms with Crippen LogP contribution in [0, 0.1) is 5.92 Å². The van der Waals surface area contributed by atoms with E-state index in [2.05, 4.69) is 10.8 Å². The molecule has 17 heavy (non-hydrogen) atoms. The van der Waals surface area contributed by atoms with Gasteiger partial charge in [-0.05, 0) is 19.4 Å². The minimum Gasteiger partial charge on any atom is -0.455 e. The van der Waals surface area contributed by atoms with E-state index < -0.39 is 11.9 Å². The summed E-state index contributed by atoms with van der Waals surface area (Å²) in [5.74, 6) is -0.860. The van der Waals surface area contributed by atoms with Crippen LogP contribution in [0.1, 0.15) is 27.7 Å². The van der Waals surface area contributed by atoms with Crippen LogP contribution >= 0.6 is 0 Å². The molecule has 0 aromatic carbocycles. The maximum atomic E-state index is 11.4. The van der Waals surface area contributed by atoms with Crippen LogP contribution in [-0.4, -0.2) is 24.6 Å². The van der Waals surface area contributed by atoms with Gasteiger partial charge < -0.3 is 9.47 Å². The van der Waals surface area contributed by atoms with Crippen LogP contribution in [0.4, 0.5) is 0 Å². The average molecular weight is 238 g/mol. The monoisotopic (exact) mass is 238 g/mol. The predicted molar refractivity (Wildman–Crippen MR) is 63.2 cm³/mol. The van der Waals surface area contributed by atoms with Crippen molar-refractivity contribution in [3.05, 3.63) is 23.3 Å². The number of hydrogen-bond donors (Lipinski definition) is 0. The normalized spacial score (nSPS) is 23.5. The molecule has 0 amide bonds. The van der Waals surface area contributed by atoms with Crippen molar-refractivity contribution in [2.24, 2.45) is 5.92 Å². The molecule has 0 heterocycles. The summed E-state index contributed by atoms with van der Waals surface area (Å²) in [7, 11) is 0. The summed E-state index contributed by atoms with van der Waals surface area (Å²) in [5, 5.41) is 0. The van der Waals surface area contributed by atoms with Crippen molar-refractivity contribution in [3.8, 4) is 0 Å². The molecule has 0 spiro atoms. The zero-order chi connectivity index (χ0) is 13.0. The zero-order valence-electron chi connectivity index (χ0n) is 10.6. The number of esters is 2. The van der Waals surface area contributed by atoms with Crippen molar-refractivity contribution < 1.29 is 19.1 Å². The highest BCUT2D eigenvalue weighted by atomic mass is 16.6. The molecule has 94 valence electrons. The van der Waals surface area contributed by atoms with Crippen LogP contribution in [0.5, 0.6) is 0 Å². The Morgan fingerprint density at radius 3 is 2.53 bits per heavy atom. The Bertz CT molecular complexity index is 379. The minimum atomic E-state index is -0.516. The van der Waals surface area contributed by atoms with Gasteiger partial charge in [0.2, 0.25) is 0 Å². The summed E-state index contributed by atoms with van der Waals surface area (Å²) in [6.07, 6.45) is 3.78. The van der Waals surface area contributed by atoms with Crippen LogP contribution < -0.4 is 0 Å². The molecule has 0 fully saturated rings. The predicted octanol–water partition coefficient (Wildman–Crippen LogP) is 2.00. The standard InChI is InChI=1S/C13H18O4/c1-8-5-9(2)13(10(3)6-8)17-12(15)7-16-11(4)14/h5-6,9,13H,7H2,1-4H3. The van der Waals surface area contributed by atoms with E-state index in [9.17, 15) is 9.59 Å². The van der Waals surface area contributed by atoms with E-state index in [1.807, 2.05) is 26.8 Å². The average Bonchev–Trinajstić information content (AvgIpc) is 2.20. The van der Waals surface area contributed by atoms with Gasteiger partial charge in [0.25, 0.3) is 0 Å². The van der Waals surface area contributed by atoms with E-state index >= 15 is 0 Å². The molecule has 2 atom stereocenters. The van der Waals surface area contributed by atoms with E-state index in [1.54, 1.807) is 0 Å². The smallest absolute Gasteiger partial charge is 0.344 e. The molecule has 1 aliphatic rings. The molecule has 0 bridgehead atoms. The number of carbonyl (C=O) groups excluding carboxylic acids is 2. The van der Waals surface area contributed by atoms with Crippen molar-refractivity contribution in [2.45, 2.75) is 33.8 Å². The highest BCUT2D eigenvalue weighted by Crippen LogP contribution is 2.25. The Morgan fingerprint density at radius 1 is 1.35 bits per heavy atom. The van der Waals surface area contributed by atoms with Crippen molar-refractivity contribution in [1.82, 2.24) is 0 Å². The minimum absolute atomic E-state index is 0.140. The van der Waals surface area contributed by atoms with Crippen molar-refractivity contribution in [3.63, 3.8) is 0 Å². The lowest BCUT2D eigenvalue weighted by Gasteiger charge is -2.26. The second-order valence-electron chi connectivity index (χ2n) is 4.35. The van der Waals surface area contributed by atoms with Gasteiger partial charge in [-0.3, -0.25) is 4.79 Å². The summed E-state index contributed by atoms with van der Waals surface area (Å²) in [4.78, 5) is 22.0. The van der Waals surface area contributed by atoms with Crippen molar-refractivity contribution in [2.75, 3.05) is 6.61 Å². The van der Waals surface area contributed by atoms with Crippen LogP contribution in [0.25, 0.3) is 0 Å². The first-order valence-corrected chi connectivity index (χ1v) is 5.59. The molecule has 0 saturated carbocycles. The van der Waals surface area contributed by atoms with E-state index in [1.165, 1.54) is 12.5 Å². The molecular weight excluding hydrogens is 220 g/mol. The van der Waals surface area contributed by atoms with Gasteiger partial charge in [-0.1, -0.05) is 24.6 Å². The van der Waals surface area contributed by atoms with Crippen molar-refractivity contribution >= 4 is 11.9 Å². The summed E-state index contributed by atoms with van der Waals surface area (Å²) in [6.45, 7) is 6.86. The van der Waals surface area contributed by atoms with Gasteiger partial charge in [0.05, 0.1) is 0 Å². The maximum absolute atomic E-state index is 11.4. The first kappa shape index (κ1) is 13.5. The molecule has 0 radical (unpaired) electrons. The van der Waals surface area contributed by atoms with Gasteiger partial charge >= 0.3 is 11.9 Å². The van der Waals surface area contributed by atoms with Crippen LogP contribution in [0.15, 0.2) is 23.3 Å². The lowest BCUT2D eigenvalue weighted by Crippen LogP contribution is -2.29. The lowest BCUT2D eigenvalue weighted by atomic mass is 9.90. The van der Waals surface area contributed by atoms with E-state index in [-0.39, 0.29) is 18.6 Å². The topological polar surface area (TPSA) is 52.6 Å². The second kappa shape index (κ2) is 5.66. The fraction of sp³-hybridized carbons (Fsp3) is 0.538. The number of carbonyl (C=O) groups is 2. The third-order valence-electron chi connectivity index (χ3n) is 2.56. The first-order valence-electron chi connectivity index (χ1n) is 5.59. The first-order chi connectivity index (χ1) is 7.90. The SMILES string of the molecule is CC(=O)OCC(=O)OC1C(C)=CC(C)=CC1C. The Morgan fingerprint density at radius 2 is 2.00 bits per heavy atom. The Balaban J connectivity index is 2.55. The number of rotatable bonds is 3. The molecule has 0 N–H and O–H groups in total. The number of hydrogen-bond acceptors (Lipinski definition) is 4. The summed E-state index contributed by atoms with van der Waals surface area (Å²) in [6, 6.07) is 0. The van der Waals surface area contributed by atoms with Gasteiger partial charge in [-0.2, -0.15) is 0 Å². The van der Waals surface area contributed by atoms with Crippen molar-refractivity contribution in [1.29, 1.82) is 0 Å². The van der Waals surface area contributed by atoms with E-state index in [0.717, 1.165) is 5.57 Å². The molecule has 1 aliphatic carbocycles. The fourth-order valence-electron chi connectivity index (χ4n) is 1.94. The zero-order valence-corrected chi connectivity index (χ0v) is 10.6. The van der Waals surface area contributed by atoms with Gasteiger partial charge in [0.1, 0.15) is 6.10 Å². The highest BCUT2D eigenvalue weighted by molar-refractivity contribution is 5.75. The second-order valence-corrected chi connectivity index (χ2v) is 4.35. The number of allylic oxidation sites excluding steroid dienone is 2. The number of ether oxygens (including phenoxy) is 2. The molecule has 0 aliphatic heterocycles. The van der Waals surface area contributed by atoms with Crippen LogP contribution in [0.2, 0.25) is 0 Å². The summed E-state index contributed by atoms with van der Waals surface area (Å²) in [5.41, 5.74) is 2.18. The van der Waals surface area contributed by atoms with E-state index in [0.29, 0.717) is 0 Å². The van der Waals surface area contributed by atoms with E-state index in [4.69, 9.17) is 4.74 Å². The Labute approximate surface area is 101 Å². The summed E-state index contributed by atoms with van der Waals surface area (Å²) < 4.78 is 9.87. The lowest BCUT2D eigenvalue weighted by molar-refractivity contribution is -0.161. The van der Waals surface area contributed by atoms with Gasteiger partial charge in [0, 0.05) is 12.8 Å². The molecular formula is C13H18O4. The Kier molecular flexibility index (Phi) is 4.49. The van der Waals surface area contributed by atoms with Gasteiger partial charge in [0.15, 0.2) is 6.61 Å². The van der Waals surface area contributed by atoms with Gasteiger partial charge in [-0.25, -0.2) is 4.79 Å². The van der Waals surface area contributed by atoms with Crippen LogP contribution in [0.3, 0.4) is 0 Å². The largest absolute Gasteiger partial charge is 0.455 e. The quantitative estimate of drug-likeness (QED) is 0.706. The molecule has 4 nitrogen and oxygen atoms in total. The molecule has 4 heteroatoms. The molecule has 0 aromatic rings. The molecule has 1 rings (SSSR count).